The molecule has 0 unspecified atom stereocenters. The zero-order valence-electron chi connectivity index (χ0n) is 15.2. The molecule has 1 amide bonds. The molecule has 0 atom stereocenters. The second-order valence-corrected chi connectivity index (χ2v) is 6.73. The largest absolute Gasteiger partial charge is 0.496 e. The van der Waals surface area contributed by atoms with Gasteiger partial charge in [-0.3, -0.25) is 9.93 Å². The average molecular weight is 379 g/mol. The Labute approximate surface area is 162 Å². The Balaban J connectivity index is 1.83. The van der Waals surface area contributed by atoms with Gasteiger partial charge in [0.05, 0.1) is 12.0 Å². The van der Waals surface area contributed by atoms with Crippen LogP contribution in [0.4, 0.5) is 11.4 Å². The van der Waals surface area contributed by atoms with Crippen LogP contribution in [0.3, 0.4) is 0 Å². The minimum Gasteiger partial charge on any atom is -0.496 e. The molecule has 0 aliphatic heterocycles. The lowest BCUT2D eigenvalue weighted by molar-refractivity contribution is 0.102. The number of nitrogen functional groups attached to an aromatic ring is 1. The molecule has 3 aromatic carbocycles. The van der Waals surface area contributed by atoms with Crippen LogP contribution in [0.25, 0.3) is 11.1 Å². The lowest BCUT2D eigenvalue weighted by atomic mass is 9.98. The number of nitrogens with one attached hydrogen (secondary N) is 1. The molecule has 138 valence electrons. The van der Waals surface area contributed by atoms with E-state index >= 15 is 0 Å². The van der Waals surface area contributed by atoms with Crippen LogP contribution >= 0.6 is 11.9 Å². The molecule has 0 aliphatic carbocycles. The zero-order chi connectivity index (χ0) is 19.4. The van der Waals surface area contributed by atoms with E-state index in [0.29, 0.717) is 17.0 Å². The minimum atomic E-state index is -0.215. The van der Waals surface area contributed by atoms with Gasteiger partial charge in [0.15, 0.2) is 0 Å². The molecule has 0 saturated heterocycles. The molecule has 0 aliphatic rings. The maximum atomic E-state index is 12.6. The topological polar surface area (TPSA) is 90.4 Å². The van der Waals surface area contributed by atoms with E-state index in [4.69, 9.17) is 15.6 Å². The molecular formula is C21H21N3O2S. The van der Waals surface area contributed by atoms with Gasteiger partial charge in [-0.25, -0.2) is 0 Å². The maximum Gasteiger partial charge on any atom is 0.255 e. The summed E-state index contributed by atoms with van der Waals surface area (Å²) in [6.45, 7) is 1.99. The Bertz CT molecular complexity index is 989. The molecule has 0 fully saturated rings. The minimum absolute atomic E-state index is 0.215. The molecule has 0 aromatic heterocycles. The zero-order valence-corrected chi connectivity index (χ0v) is 16.0. The Morgan fingerprint density at radius 3 is 2.48 bits per heavy atom. The summed E-state index contributed by atoms with van der Waals surface area (Å²) in [5, 5.41) is 8.51. The van der Waals surface area contributed by atoms with Gasteiger partial charge in [-0.15, -0.1) is 0 Å². The third-order valence-corrected chi connectivity index (χ3v) is 4.88. The van der Waals surface area contributed by atoms with Crippen LogP contribution in [0.2, 0.25) is 0 Å². The SMILES string of the molecule is COc1cc(C(=O)Nc2ccc(-c3ccccc3N)c(C)c2)ccc1SN. The van der Waals surface area contributed by atoms with Crippen LogP contribution in [-0.2, 0) is 0 Å². The van der Waals surface area contributed by atoms with Crippen molar-refractivity contribution in [3.8, 4) is 16.9 Å². The summed E-state index contributed by atoms with van der Waals surface area (Å²) in [6, 6.07) is 18.7. The van der Waals surface area contributed by atoms with Crippen molar-refractivity contribution >= 4 is 29.2 Å². The monoisotopic (exact) mass is 379 g/mol. The summed E-state index contributed by atoms with van der Waals surface area (Å²) in [6.07, 6.45) is 0. The summed E-state index contributed by atoms with van der Waals surface area (Å²) in [5.74, 6) is 0.356. The van der Waals surface area contributed by atoms with E-state index in [2.05, 4.69) is 5.32 Å². The number of ether oxygens (including phenoxy) is 1. The highest BCUT2D eigenvalue weighted by molar-refractivity contribution is 7.97. The first-order valence-electron chi connectivity index (χ1n) is 8.35. The van der Waals surface area contributed by atoms with Crippen molar-refractivity contribution in [1.82, 2.24) is 0 Å². The Morgan fingerprint density at radius 2 is 1.81 bits per heavy atom. The van der Waals surface area contributed by atoms with Gasteiger partial charge in [0.25, 0.3) is 5.91 Å². The van der Waals surface area contributed by atoms with Crippen molar-refractivity contribution in [1.29, 1.82) is 0 Å². The summed E-state index contributed by atoms with van der Waals surface area (Å²) in [4.78, 5) is 13.4. The second-order valence-electron chi connectivity index (χ2n) is 6.05. The van der Waals surface area contributed by atoms with Gasteiger partial charge in [-0.1, -0.05) is 24.3 Å². The first kappa shape index (κ1) is 18.8. The molecule has 5 N–H and O–H groups in total. The fraction of sp³-hybridized carbons (Fsp3) is 0.0952. The molecular weight excluding hydrogens is 358 g/mol. The van der Waals surface area contributed by atoms with E-state index in [1.807, 2.05) is 49.4 Å². The summed E-state index contributed by atoms with van der Waals surface area (Å²) in [5.41, 5.74) is 11.1. The molecule has 0 radical (unpaired) electrons. The molecule has 5 nitrogen and oxygen atoms in total. The number of amides is 1. The summed E-state index contributed by atoms with van der Waals surface area (Å²) < 4.78 is 5.28. The van der Waals surface area contributed by atoms with E-state index in [0.717, 1.165) is 39.2 Å². The molecule has 0 saturated carbocycles. The first-order chi connectivity index (χ1) is 13.0. The number of hydrogen-bond donors (Lipinski definition) is 3. The quantitative estimate of drug-likeness (QED) is 0.449. The third-order valence-electron chi connectivity index (χ3n) is 4.29. The summed E-state index contributed by atoms with van der Waals surface area (Å²) >= 11 is 1.08. The molecule has 6 heteroatoms. The van der Waals surface area contributed by atoms with E-state index in [-0.39, 0.29) is 5.91 Å². The van der Waals surface area contributed by atoms with E-state index in [1.54, 1.807) is 25.3 Å². The molecule has 27 heavy (non-hydrogen) atoms. The van der Waals surface area contributed by atoms with E-state index in [1.165, 1.54) is 0 Å². The highest BCUT2D eigenvalue weighted by Crippen LogP contribution is 2.31. The van der Waals surface area contributed by atoms with Crippen LogP contribution in [0.1, 0.15) is 15.9 Å². The number of hydrogen-bond acceptors (Lipinski definition) is 5. The number of aryl methyl sites for hydroxylation is 1. The standard InChI is InChI=1S/C21H21N3O2S/c1-13-11-15(8-9-16(13)17-5-3-4-6-18(17)22)24-21(25)14-7-10-20(27-23)19(12-14)26-2/h3-12H,22-23H2,1-2H3,(H,24,25). The van der Waals surface area contributed by atoms with Crippen LogP contribution in [0.15, 0.2) is 65.6 Å². The molecule has 0 heterocycles. The molecule has 3 aromatic rings. The number of benzene rings is 3. The van der Waals surface area contributed by atoms with Gasteiger partial charge in [0.2, 0.25) is 0 Å². The van der Waals surface area contributed by atoms with Crippen molar-refractivity contribution in [2.75, 3.05) is 18.2 Å². The van der Waals surface area contributed by atoms with Gasteiger partial charge < -0.3 is 15.8 Å². The number of rotatable bonds is 5. The number of anilines is 2. The van der Waals surface area contributed by atoms with Crippen LogP contribution < -0.4 is 20.9 Å². The first-order valence-corrected chi connectivity index (χ1v) is 9.23. The van der Waals surface area contributed by atoms with E-state index < -0.39 is 0 Å². The van der Waals surface area contributed by atoms with Crippen molar-refractivity contribution in [2.45, 2.75) is 11.8 Å². The van der Waals surface area contributed by atoms with Crippen molar-refractivity contribution in [3.63, 3.8) is 0 Å². The normalized spacial score (nSPS) is 10.5. The Hall–Kier alpha value is -2.96. The van der Waals surface area contributed by atoms with Crippen molar-refractivity contribution < 1.29 is 9.53 Å². The average Bonchev–Trinajstić information content (AvgIpc) is 2.68. The van der Waals surface area contributed by atoms with Gasteiger partial charge in [0, 0.05) is 22.5 Å². The van der Waals surface area contributed by atoms with Crippen LogP contribution in [-0.4, -0.2) is 13.0 Å². The van der Waals surface area contributed by atoms with Crippen LogP contribution in [0, 0.1) is 6.92 Å². The number of para-hydroxylation sites is 1. The number of methoxy groups -OCH3 is 1. The van der Waals surface area contributed by atoms with Crippen molar-refractivity contribution in [2.24, 2.45) is 5.14 Å². The van der Waals surface area contributed by atoms with Gasteiger partial charge in [-0.05, 0) is 66.4 Å². The van der Waals surface area contributed by atoms with Gasteiger partial charge >= 0.3 is 0 Å². The molecule has 0 spiro atoms. The Morgan fingerprint density at radius 1 is 1.04 bits per heavy atom. The fourth-order valence-corrected chi connectivity index (χ4v) is 3.30. The molecule has 0 bridgehead atoms. The van der Waals surface area contributed by atoms with Crippen molar-refractivity contribution in [3.05, 3.63) is 71.8 Å². The molecule has 3 rings (SSSR count). The number of carbonyl (C=O) groups excluding carboxylic acids is 1. The number of nitrogens with two attached hydrogens (primary N) is 2. The summed E-state index contributed by atoms with van der Waals surface area (Å²) in [7, 11) is 1.55. The van der Waals surface area contributed by atoms with Gasteiger partial charge in [-0.2, -0.15) is 0 Å². The Kier molecular flexibility index (Phi) is 5.69. The highest BCUT2D eigenvalue weighted by Gasteiger charge is 2.12. The maximum absolute atomic E-state index is 12.6. The smallest absolute Gasteiger partial charge is 0.255 e. The predicted molar refractivity (Wildman–Crippen MR) is 112 cm³/mol. The predicted octanol–water partition coefficient (Wildman–Crippen LogP) is 4.47. The third kappa shape index (κ3) is 4.07. The second kappa shape index (κ2) is 8.16. The fourth-order valence-electron chi connectivity index (χ4n) is 2.90. The number of carbonyl (C=O) groups is 1. The lowest BCUT2D eigenvalue weighted by Gasteiger charge is -2.12. The van der Waals surface area contributed by atoms with Crippen LogP contribution in [0.5, 0.6) is 5.75 Å². The van der Waals surface area contributed by atoms with E-state index in [9.17, 15) is 4.79 Å². The van der Waals surface area contributed by atoms with Gasteiger partial charge in [0.1, 0.15) is 5.75 Å². The lowest BCUT2D eigenvalue weighted by Crippen LogP contribution is -2.12. The highest BCUT2D eigenvalue weighted by atomic mass is 32.2.